The molecule has 0 atom stereocenters. The number of para-hydroxylation sites is 1. The van der Waals surface area contributed by atoms with E-state index in [0.717, 1.165) is 18.5 Å². The van der Waals surface area contributed by atoms with Crippen molar-refractivity contribution >= 4 is 11.5 Å². The van der Waals surface area contributed by atoms with Crippen LogP contribution in [0.3, 0.4) is 0 Å². The Bertz CT molecular complexity index is 827. The molecule has 1 aromatic heterocycles. The molecule has 1 saturated carbocycles. The van der Waals surface area contributed by atoms with Crippen LogP contribution < -0.4 is 4.90 Å². The molecule has 0 unspecified atom stereocenters. The van der Waals surface area contributed by atoms with Gasteiger partial charge in [-0.05, 0) is 25.0 Å². The van der Waals surface area contributed by atoms with Crippen molar-refractivity contribution in [2.24, 2.45) is 5.92 Å². The highest BCUT2D eigenvalue weighted by Gasteiger charge is 2.32. The molecule has 0 bridgehead atoms. The van der Waals surface area contributed by atoms with Gasteiger partial charge in [0.05, 0.1) is 18.9 Å². The maximum absolute atomic E-state index is 10.4. The number of benzene rings is 1. The molecule has 1 aromatic carbocycles. The number of ether oxygens (including phenoxy) is 1. The van der Waals surface area contributed by atoms with E-state index in [1.165, 1.54) is 0 Å². The number of nitrogens with zero attached hydrogens (tertiary/aromatic N) is 5. The van der Waals surface area contributed by atoms with E-state index in [-0.39, 0.29) is 17.3 Å². The smallest absolute Gasteiger partial charge is 0.232 e. The average Bonchev–Trinajstić information content (AvgIpc) is 3.43. The minimum Gasteiger partial charge on any atom is -0.510 e. The van der Waals surface area contributed by atoms with Crippen LogP contribution in [0, 0.1) is 17.2 Å². The number of aromatic nitrogens is 3. The molecule has 7 heteroatoms. The number of nitriles is 1. The van der Waals surface area contributed by atoms with Crippen LogP contribution in [0.5, 0.6) is 0 Å². The minimum atomic E-state index is 0.0717. The molecule has 1 aliphatic carbocycles. The summed E-state index contributed by atoms with van der Waals surface area (Å²) < 4.78 is 7.27. The van der Waals surface area contributed by atoms with Gasteiger partial charge in [-0.15, -0.1) is 10.2 Å². The Hall–Kier alpha value is -2.85. The first-order valence-electron chi connectivity index (χ1n) is 8.46. The van der Waals surface area contributed by atoms with Crippen LogP contribution in [-0.2, 0) is 4.74 Å². The summed E-state index contributed by atoms with van der Waals surface area (Å²) in [7, 11) is 0. The lowest BCUT2D eigenvalue weighted by molar-refractivity contribution is 0.122. The molecule has 2 aliphatic rings. The number of hydrogen-bond acceptors (Lipinski definition) is 6. The Morgan fingerprint density at radius 3 is 2.52 bits per heavy atom. The van der Waals surface area contributed by atoms with E-state index in [9.17, 15) is 10.4 Å². The standard InChI is InChI=1S/C18H19N5O2/c19-12-15(16(24)13-6-7-13)17-20-21-18(22-8-10-25-11-9-22)23(17)14-4-2-1-3-5-14/h1-5,13,24H,6-11H2/b16-15-. The fourth-order valence-electron chi connectivity index (χ4n) is 3.00. The SMILES string of the molecule is N#C/C(=C(/O)C1CC1)c1nnc(N2CCOCC2)n1-c1ccccc1. The molecule has 1 saturated heterocycles. The van der Waals surface area contributed by atoms with Crippen LogP contribution in [0.1, 0.15) is 18.7 Å². The van der Waals surface area contributed by atoms with E-state index in [1.54, 1.807) is 0 Å². The molecule has 4 rings (SSSR count). The van der Waals surface area contributed by atoms with E-state index < -0.39 is 0 Å². The van der Waals surface area contributed by atoms with Crippen LogP contribution in [-0.4, -0.2) is 46.2 Å². The predicted octanol–water partition coefficient (Wildman–Crippen LogP) is 2.31. The first-order valence-corrected chi connectivity index (χ1v) is 8.46. The second-order valence-electron chi connectivity index (χ2n) is 6.24. The number of morpholine rings is 1. The molecule has 128 valence electrons. The monoisotopic (exact) mass is 337 g/mol. The fraction of sp³-hybridized carbons (Fsp3) is 0.389. The fourth-order valence-corrected chi connectivity index (χ4v) is 3.00. The van der Waals surface area contributed by atoms with Crippen molar-refractivity contribution in [3.63, 3.8) is 0 Å². The first kappa shape index (κ1) is 15.7. The lowest BCUT2D eigenvalue weighted by atomic mass is 10.1. The van der Waals surface area contributed by atoms with E-state index in [0.29, 0.717) is 38.1 Å². The largest absolute Gasteiger partial charge is 0.510 e. The normalized spacial score (nSPS) is 18.6. The highest BCUT2D eigenvalue weighted by molar-refractivity contribution is 5.77. The highest BCUT2D eigenvalue weighted by atomic mass is 16.5. The highest BCUT2D eigenvalue weighted by Crippen LogP contribution is 2.39. The predicted molar refractivity (Wildman–Crippen MR) is 92.3 cm³/mol. The van der Waals surface area contributed by atoms with Crippen LogP contribution in [0.4, 0.5) is 5.95 Å². The Morgan fingerprint density at radius 2 is 1.88 bits per heavy atom. The van der Waals surface area contributed by atoms with Crippen molar-refractivity contribution in [1.82, 2.24) is 14.8 Å². The van der Waals surface area contributed by atoms with Crippen LogP contribution >= 0.6 is 0 Å². The minimum absolute atomic E-state index is 0.0717. The van der Waals surface area contributed by atoms with Gasteiger partial charge in [0.15, 0.2) is 5.82 Å². The second-order valence-corrected chi connectivity index (χ2v) is 6.24. The van der Waals surface area contributed by atoms with Gasteiger partial charge in [-0.1, -0.05) is 18.2 Å². The number of hydrogen-bond donors (Lipinski definition) is 1. The lowest BCUT2D eigenvalue weighted by Gasteiger charge is -2.28. The summed E-state index contributed by atoms with van der Waals surface area (Å²) in [5, 5.41) is 28.7. The van der Waals surface area contributed by atoms with Gasteiger partial charge >= 0.3 is 0 Å². The summed E-state index contributed by atoms with van der Waals surface area (Å²) in [6.07, 6.45) is 1.82. The van der Waals surface area contributed by atoms with Crippen molar-refractivity contribution in [1.29, 1.82) is 5.26 Å². The Kier molecular flexibility index (Phi) is 4.12. The molecule has 2 fully saturated rings. The van der Waals surface area contributed by atoms with E-state index in [2.05, 4.69) is 21.2 Å². The van der Waals surface area contributed by atoms with Crippen LogP contribution in [0.25, 0.3) is 11.3 Å². The Balaban J connectivity index is 1.86. The van der Waals surface area contributed by atoms with Gasteiger partial charge in [0.1, 0.15) is 17.4 Å². The maximum atomic E-state index is 10.4. The summed E-state index contributed by atoms with van der Waals surface area (Å²) in [6, 6.07) is 11.8. The zero-order valence-electron chi connectivity index (χ0n) is 13.8. The Labute approximate surface area is 145 Å². The van der Waals surface area contributed by atoms with Crippen molar-refractivity contribution in [3.8, 4) is 11.8 Å². The van der Waals surface area contributed by atoms with Gasteiger partial charge < -0.3 is 14.7 Å². The van der Waals surface area contributed by atoms with Gasteiger partial charge in [0, 0.05) is 19.0 Å². The topological polar surface area (TPSA) is 87.2 Å². The summed E-state index contributed by atoms with van der Waals surface area (Å²) in [6.45, 7) is 2.69. The van der Waals surface area contributed by atoms with E-state index in [1.807, 2.05) is 34.9 Å². The number of rotatable bonds is 4. The number of aliphatic hydroxyl groups is 1. The van der Waals surface area contributed by atoms with E-state index in [4.69, 9.17) is 4.74 Å². The second kappa shape index (κ2) is 6.57. The summed E-state index contributed by atoms with van der Waals surface area (Å²) in [5.41, 5.74) is 1.07. The quantitative estimate of drug-likeness (QED) is 0.680. The summed E-state index contributed by atoms with van der Waals surface area (Å²) in [5.74, 6) is 1.25. The number of aliphatic hydroxyl groups excluding tert-OH is 1. The van der Waals surface area contributed by atoms with E-state index >= 15 is 0 Å². The molecule has 1 N–H and O–H groups in total. The third kappa shape index (κ3) is 2.96. The number of allylic oxidation sites excluding steroid dienone is 2. The molecule has 2 aromatic rings. The van der Waals surface area contributed by atoms with Gasteiger partial charge in [0.25, 0.3) is 0 Å². The van der Waals surface area contributed by atoms with Gasteiger partial charge in [0.2, 0.25) is 5.95 Å². The van der Waals surface area contributed by atoms with Crippen molar-refractivity contribution in [3.05, 3.63) is 41.9 Å². The zero-order valence-corrected chi connectivity index (χ0v) is 13.8. The third-order valence-corrected chi connectivity index (χ3v) is 4.51. The van der Waals surface area contributed by atoms with Gasteiger partial charge in [-0.3, -0.25) is 4.57 Å². The average molecular weight is 337 g/mol. The molecule has 7 nitrogen and oxygen atoms in total. The molecule has 2 heterocycles. The molecule has 0 radical (unpaired) electrons. The van der Waals surface area contributed by atoms with Crippen molar-refractivity contribution < 1.29 is 9.84 Å². The van der Waals surface area contributed by atoms with Gasteiger partial charge in [-0.2, -0.15) is 5.26 Å². The summed E-state index contributed by atoms with van der Waals surface area (Å²) in [4.78, 5) is 2.09. The number of anilines is 1. The maximum Gasteiger partial charge on any atom is 0.232 e. The lowest BCUT2D eigenvalue weighted by Crippen LogP contribution is -2.38. The summed E-state index contributed by atoms with van der Waals surface area (Å²) >= 11 is 0. The molecular formula is C18H19N5O2. The zero-order chi connectivity index (χ0) is 17.2. The van der Waals surface area contributed by atoms with Gasteiger partial charge in [-0.25, -0.2) is 0 Å². The first-order chi connectivity index (χ1) is 12.3. The van der Waals surface area contributed by atoms with Crippen LogP contribution in [0.15, 0.2) is 36.1 Å². The van der Waals surface area contributed by atoms with Crippen LogP contribution in [0.2, 0.25) is 0 Å². The molecule has 0 spiro atoms. The Morgan fingerprint density at radius 1 is 1.16 bits per heavy atom. The van der Waals surface area contributed by atoms with Crippen molar-refractivity contribution in [2.75, 3.05) is 31.2 Å². The van der Waals surface area contributed by atoms with Crippen molar-refractivity contribution in [2.45, 2.75) is 12.8 Å². The molecule has 0 amide bonds. The molecule has 1 aliphatic heterocycles. The molecule has 25 heavy (non-hydrogen) atoms. The molecular weight excluding hydrogens is 318 g/mol. The third-order valence-electron chi connectivity index (χ3n) is 4.51.